The van der Waals surface area contributed by atoms with Gasteiger partial charge < -0.3 is 9.47 Å². The third-order valence-corrected chi connectivity index (χ3v) is 19.5. The molecule has 1 heterocycles. The van der Waals surface area contributed by atoms with Crippen LogP contribution in [0, 0.1) is 13.8 Å². The molecule has 0 spiro atoms. The molecule has 448 valence electrons. The zero-order valence-electron chi connectivity index (χ0n) is 53.8. The molecule has 0 bridgehead atoms. The van der Waals surface area contributed by atoms with Crippen molar-refractivity contribution in [2.45, 2.75) is 201 Å². The smallest absolute Gasteiger partial charge is 0.0588 e. The summed E-state index contributed by atoms with van der Waals surface area (Å²) in [5.41, 5.74) is 27.0. The van der Waals surface area contributed by atoms with E-state index in [2.05, 4.69) is 245 Å². The molecule has 87 heavy (non-hydrogen) atoms. The zero-order chi connectivity index (χ0) is 60.0. The Morgan fingerprint density at radius 2 is 0.816 bits per heavy atom. The minimum absolute atomic E-state index is 0.0948. The molecule has 1 aromatic heterocycles. The van der Waals surface area contributed by atoms with Gasteiger partial charge in [0, 0.05) is 38.9 Å². The second kappa shape index (κ2) is 29.5. The van der Waals surface area contributed by atoms with Crippen LogP contribution < -0.4 is 4.90 Å². The lowest BCUT2D eigenvalue weighted by atomic mass is 9.70. The van der Waals surface area contributed by atoms with Crippen LogP contribution in [0.1, 0.15) is 202 Å². The molecule has 0 atom stereocenters. The van der Waals surface area contributed by atoms with Crippen LogP contribution in [0.25, 0.3) is 72.0 Å². The number of unbranched alkanes of at least 4 members (excludes halogenated alkanes) is 16. The van der Waals surface area contributed by atoms with Crippen molar-refractivity contribution in [3.05, 3.63) is 228 Å². The Hall–Kier alpha value is -7.42. The van der Waals surface area contributed by atoms with E-state index in [9.17, 15) is 0 Å². The van der Waals surface area contributed by atoms with Crippen molar-refractivity contribution in [3.63, 3.8) is 0 Å². The molecule has 1 aliphatic carbocycles. The van der Waals surface area contributed by atoms with Crippen LogP contribution in [0.4, 0.5) is 17.1 Å². The van der Waals surface area contributed by atoms with E-state index < -0.39 is 0 Å². The largest absolute Gasteiger partial charge is 0.311 e. The van der Waals surface area contributed by atoms with Gasteiger partial charge in [0.05, 0.1) is 11.0 Å². The summed E-state index contributed by atoms with van der Waals surface area (Å²) in [5.74, 6) is 0. The van der Waals surface area contributed by atoms with E-state index in [0.717, 1.165) is 29.9 Å². The third kappa shape index (κ3) is 13.7. The number of nitrogens with zero attached hydrogens (tertiary/aromatic N) is 2. The van der Waals surface area contributed by atoms with Crippen molar-refractivity contribution in [2.24, 2.45) is 0 Å². The standard InChI is InChI=1S/C85H98N2/c1-7-11-15-19-21-31-57-85(58-32-22-20-16-12-8-2)80-59-64(6)41-53-75(80)76-54-55-77-79-60-69(66-35-29-24-30-36-66)46-56-81(79)87(84(77)83(76)85)82-62-70(37-25-17-13-9-3)78(61-71(82)38-26-18-14-10-4)68-44-51-74(52-45-68)86(72-47-39-63(5)40-48-72)73-49-42-67(43-50-73)65-33-27-23-28-34-65/h23-24,27-30,33-36,39-56,59-62H,7-22,25-26,31-32,37-38,57-58H2,1-6H3. The SMILES string of the molecule is CCCCCCCCC1(CCCCCCCC)c2cc(C)ccc2-c2ccc3c4cc(-c5ccccc5)ccc4n(-c4cc(CCCCCC)c(-c5ccc(N(c6ccc(C)cc6)c6ccc(-c7ccccc7)cc6)cc5)cc4CCCCCC)c3c21. The summed E-state index contributed by atoms with van der Waals surface area (Å²) in [6.45, 7) is 13.9. The number of hydrogen-bond donors (Lipinski definition) is 0. The van der Waals surface area contributed by atoms with E-state index in [0.29, 0.717) is 0 Å². The molecule has 0 N–H and O–H groups in total. The number of aryl methyl sites for hydroxylation is 4. The summed E-state index contributed by atoms with van der Waals surface area (Å²) in [5, 5.41) is 2.76. The Morgan fingerprint density at radius 3 is 1.40 bits per heavy atom. The average Bonchev–Trinajstić information content (AvgIpc) is 1.54. The van der Waals surface area contributed by atoms with Crippen molar-refractivity contribution >= 4 is 38.9 Å². The van der Waals surface area contributed by atoms with Gasteiger partial charge >= 0.3 is 0 Å². The fourth-order valence-electron chi connectivity index (χ4n) is 14.8. The van der Waals surface area contributed by atoms with Crippen LogP contribution >= 0.6 is 0 Å². The first-order valence-corrected chi connectivity index (χ1v) is 34.4. The monoisotopic (exact) mass is 1150 g/mol. The normalized spacial score (nSPS) is 12.5. The molecule has 10 aromatic rings. The lowest BCUT2D eigenvalue weighted by Crippen LogP contribution is -2.26. The van der Waals surface area contributed by atoms with Gasteiger partial charge in [-0.05, 0) is 180 Å². The van der Waals surface area contributed by atoms with Gasteiger partial charge in [-0.15, -0.1) is 0 Å². The van der Waals surface area contributed by atoms with E-state index in [1.165, 1.54) is 236 Å². The fraction of sp³-hybridized carbons (Fsp3) is 0.365. The first kappa shape index (κ1) is 61.2. The molecule has 0 aliphatic heterocycles. The predicted molar refractivity (Wildman–Crippen MR) is 379 cm³/mol. The van der Waals surface area contributed by atoms with Gasteiger partial charge in [0.2, 0.25) is 0 Å². The molecule has 0 unspecified atom stereocenters. The summed E-state index contributed by atoms with van der Waals surface area (Å²) in [6.07, 6.45) is 29.9. The van der Waals surface area contributed by atoms with Gasteiger partial charge in [-0.1, -0.05) is 288 Å². The van der Waals surface area contributed by atoms with Gasteiger partial charge in [-0.25, -0.2) is 0 Å². The lowest BCUT2D eigenvalue weighted by molar-refractivity contribution is 0.399. The highest BCUT2D eigenvalue weighted by molar-refractivity contribution is 6.14. The molecule has 2 nitrogen and oxygen atoms in total. The second-order valence-electron chi connectivity index (χ2n) is 25.9. The zero-order valence-corrected chi connectivity index (χ0v) is 53.8. The fourth-order valence-corrected chi connectivity index (χ4v) is 14.8. The van der Waals surface area contributed by atoms with Crippen LogP contribution in [-0.2, 0) is 18.3 Å². The molecule has 9 aromatic carbocycles. The maximum Gasteiger partial charge on any atom is 0.0588 e. The summed E-state index contributed by atoms with van der Waals surface area (Å²) in [4.78, 5) is 2.42. The minimum atomic E-state index is -0.0948. The molecular weight excluding hydrogens is 1050 g/mol. The van der Waals surface area contributed by atoms with Gasteiger partial charge in [-0.2, -0.15) is 0 Å². The Bertz CT molecular complexity index is 3790. The van der Waals surface area contributed by atoms with Crippen LogP contribution in [-0.4, -0.2) is 4.57 Å². The van der Waals surface area contributed by atoms with Crippen molar-refractivity contribution in [1.29, 1.82) is 0 Å². The van der Waals surface area contributed by atoms with Crippen LogP contribution in [0.5, 0.6) is 0 Å². The molecule has 0 fully saturated rings. The van der Waals surface area contributed by atoms with Crippen molar-refractivity contribution in [2.75, 3.05) is 4.90 Å². The first-order valence-electron chi connectivity index (χ1n) is 34.4. The molecule has 1 aliphatic rings. The van der Waals surface area contributed by atoms with Crippen LogP contribution in [0.2, 0.25) is 0 Å². The van der Waals surface area contributed by atoms with Gasteiger partial charge in [0.25, 0.3) is 0 Å². The molecule has 0 amide bonds. The second-order valence-corrected chi connectivity index (χ2v) is 25.9. The lowest BCUT2D eigenvalue weighted by Gasteiger charge is -2.34. The Balaban J connectivity index is 1.12. The Kier molecular flexibility index (Phi) is 20.8. The molecule has 11 rings (SSSR count). The van der Waals surface area contributed by atoms with Gasteiger partial charge in [0.15, 0.2) is 0 Å². The molecule has 0 radical (unpaired) electrons. The highest BCUT2D eigenvalue weighted by atomic mass is 15.1. The number of hydrogen-bond acceptors (Lipinski definition) is 1. The highest BCUT2D eigenvalue weighted by Crippen LogP contribution is 2.58. The summed E-state index contributed by atoms with van der Waals surface area (Å²) in [7, 11) is 0. The number of aromatic nitrogens is 1. The molecule has 0 saturated heterocycles. The first-order chi connectivity index (χ1) is 42.8. The Morgan fingerprint density at radius 1 is 0.345 bits per heavy atom. The van der Waals surface area contributed by atoms with Gasteiger partial charge in [-0.3, -0.25) is 0 Å². The van der Waals surface area contributed by atoms with Crippen molar-refractivity contribution in [1.82, 2.24) is 4.57 Å². The average molecular weight is 1150 g/mol. The maximum absolute atomic E-state index is 2.86. The van der Waals surface area contributed by atoms with Crippen LogP contribution in [0.15, 0.2) is 194 Å². The van der Waals surface area contributed by atoms with Gasteiger partial charge in [0.1, 0.15) is 0 Å². The number of rotatable bonds is 31. The van der Waals surface area contributed by atoms with Crippen molar-refractivity contribution < 1.29 is 0 Å². The van der Waals surface area contributed by atoms with E-state index in [-0.39, 0.29) is 5.41 Å². The van der Waals surface area contributed by atoms with E-state index in [1.54, 1.807) is 11.1 Å². The Labute approximate surface area is 524 Å². The molecule has 2 heteroatoms. The number of fused-ring (bicyclic) bond motifs is 7. The highest BCUT2D eigenvalue weighted by Gasteiger charge is 2.45. The number of benzene rings is 9. The quantitative estimate of drug-likeness (QED) is 0.0393. The summed E-state index contributed by atoms with van der Waals surface area (Å²) in [6, 6.07) is 75.1. The summed E-state index contributed by atoms with van der Waals surface area (Å²) < 4.78 is 2.86. The topological polar surface area (TPSA) is 8.17 Å². The van der Waals surface area contributed by atoms with Crippen molar-refractivity contribution in [3.8, 4) is 50.2 Å². The third-order valence-electron chi connectivity index (χ3n) is 19.5. The number of anilines is 3. The van der Waals surface area contributed by atoms with E-state index in [1.807, 2.05) is 0 Å². The predicted octanol–water partition coefficient (Wildman–Crippen LogP) is 25.9. The van der Waals surface area contributed by atoms with Crippen LogP contribution in [0.3, 0.4) is 0 Å². The minimum Gasteiger partial charge on any atom is -0.311 e. The summed E-state index contributed by atoms with van der Waals surface area (Å²) >= 11 is 0. The molecular formula is C85H98N2. The molecule has 0 saturated carbocycles. The van der Waals surface area contributed by atoms with E-state index in [4.69, 9.17) is 0 Å². The maximum atomic E-state index is 2.86. The van der Waals surface area contributed by atoms with E-state index >= 15 is 0 Å².